The predicted octanol–water partition coefficient (Wildman–Crippen LogP) is 6.25. The molecule has 4 rings (SSSR count). The summed E-state index contributed by atoms with van der Waals surface area (Å²) in [6.07, 6.45) is 0. The highest BCUT2D eigenvalue weighted by Gasteiger charge is 2.26. The van der Waals surface area contributed by atoms with Crippen molar-refractivity contribution < 1.29 is 14.3 Å². The minimum absolute atomic E-state index is 0.00908. The third-order valence-electron chi connectivity index (χ3n) is 5.36. The van der Waals surface area contributed by atoms with Crippen LogP contribution in [0.5, 0.6) is 17.4 Å². The fourth-order valence-electron chi connectivity index (χ4n) is 3.86. The first-order valence-electron chi connectivity index (χ1n) is 11.2. The zero-order chi connectivity index (χ0) is 24.1. The van der Waals surface area contributed by atoms with E-state index in [4.69, 9.17) is 14.6 Å². The van der Waals surface area contributed by atoms with Gasteiger partial charge in [0, 0.05) is 19.2 Å². The average Bonchev–Trinajstić information content (AvgIpc) is 3.48. The number of benzene rings is 2. The van der Waals surface area contributed by atoms with E-state index < -0.39 is 0 Å². The standard InChI is InChI=1S/C27H29N3O3S/c1-19(2)17-30(26(31)24-15-10-16-34-24)18-21-25(20-11-6-5-7-12-20)28-29(3)27(21)33-23-14-9-8-13-22(23)32-4/h5-16,19H,17-18H2,1-4H3. The minimum Gasteiger partial charge on any atom is -0.493 e. The van der Waals surface area contributed by atoms with E-state index in [9.17, 15) is 4.79 Å². The van der Waals surface area contributed by atoms with Crippen LogP contribution < -0.4 is 9.47 Å². The molecule has 176 valence electrons. The second-order valence-corrected chi connectivity index (χ2v) is 9.38. The number of hydrogen-bond acceptors (Lipinski definition) is 5. The number of carbonyl (C=O) groups is 1. The molecule has 7 heteroatoms. The van der Waals surface area contributed by atoms with Gasteiger partial charge in [-0.25, -0.2) is 4.68 Å². The fourth-order valence-corrected chi connectivity index (χ4v) is 4.56. The molecule has 0 aliphatic heterocycles. The van der Waals surface area contributed by atoms with Gasteiger partial charge in [-0.2, -0.15) is 5.10 Å². The number of carbonyl (C=O) groups excluding carboxylic acids is 1. The van der Waals surface area contributed by atoms with E-state index in [1.807, 2.05) is 84.1 Å². The number of aryl methyl sites for hydroxylation is 1. The number of nitrogens with zero attached hydrogens (tertiary/aromatic N) is 3. The molecule has 0 atom stereocenters. The molecule has 0 aliphatic carbocycles. The van der Waals surface area contributed by atoms with Crippen LogP contribution in [0.25, 0.3) is 11.3 Å². The van der Waals surface area contributed by atoms with Crippen molar-refractivity contribution in [3.8, 4) is 28.6 Å². The summed E-state index contributed by atoms with van der Waals surface area (Å²) in [6, 6.07) is 21.3. The van der Waals surface area contributed by atoms with Gasteiger partial charge in [0.2, 0.25) is 5.88 Å². The van der Waals surface area contributed by atoms with Crippen LogP contribution in [0.15, 0.2) is 72.1 Å². The Labute approximate surface area is 204 Å². The Balaban J connectivity index is 1.80. The van der Waals surface area contributed by atoms with Gasteiger partial charge in [-0.3, -0.25) is 4.79 Å². The highest BCUT2D eigenvalue weighted by Crippen LogP contribution is 2.37. The molecule has 0 saturated heterocycles. The molecule has 0 N–H and O–H groups in total. The van der Waals surface area contributed by atoms with Crippen molar-refractivity contribution in [3.63, 3.8) is 0 Å². The van der Waals surface area contributed by atoms with E-state index in [-0.39, 0.29) is 5.91 Å². The summed E-state index contributed by atoms with van der Waals surface area (Å²) in [6.45, 7) is 5.22. The van der Waals surface area contributed by atoms with Gasteiger partial charge in [0.05, 0.1) is 24.1 Å². The van der Waals surface area contributed by atoms with Crippen molar-refractivity contribution >= 4 is 17.2 Å². The van der Waals surface area contributed by atoms with E-state index in [1.54, 1.807) is 11.8 Å². The first-order valence-corrected chi connectivity index (χ1v) is 12.1. The first-order chi connectivity index (χ1) is 16.5. The lowest BCUT2D eigenvalue weighted by molar-refractivity contribution is 0.0727. The van der Waals surface area contributed by atoms with Crippen LogP contribution in [0.4, 0.5) is 0 Å². The molecule has 1 amide bonds. The fraction of sp³-hybridized carbons (Fsp3) is 0.259. The summed E-state index contributed by atoms with van der Waals surface area (Å²) in [5.41, 5.74) is 2.61. The van der Waals surface area contributed by atoms with Gasteiger partial charge in [0.25, 0.3) is 5.91 Å². The van der Waals surface area contributed by atoms with Crippen LogP contribution in [-0.2, 0) is 13.6 Å². The van der Waals surface area contributed by atoms with Gasteiger partial charge in [0.1, 0.15) is 5.69 Å². The van der Waals surface area contributed by atoms with E-state index in [1.165, 1.54) is 11.3 Å². The predicted molar refractivity (Wildman–Crippen MR) is 136 cm³/mol. The number of ether oxygens (including phenoxy) is 2. The van der Waals surface area contributed by atoms with E-state index in [0.717, 1.165) is 21.7 Å². The Bertz CT molecular complexity index is 1230. The highest BCUT2D eigenvalue weighted by molar-refractivity contribution is 7.12. The van der Waals surface area contributed by atoms with Crippen LogP contribution in [0.2, 0.25) is 0 Å². The Hall–Kier alpha value is -3.58. The highest BCUT2D eigenvalue weighted by atomic mass is 32.1. The second kappa shape index (κ2) is 10.6. The van der Waals surface area contributed by atoms with Crippen molar-refractivity contribution in [1.29, 1.82) is 0 Å². The number of rotatable bonds is 9. The number of hydrogen-bond donors (Lipinski definition) is 0. The monoisotopic (exact) mass is 475 g/mol. The van der Waals surface area contributed by atoms with Crippen molar-refractivity contribution in [3.05, 3.63) is 82.6 Å². The normalized spacial score (nSPS) is 11.0. The van der Waals surface area contributed by atoms with Gasteiger partial charge in [-0.1, -0.05) is 62.4 Å². The lowest BCUT2D eigenvalue weighted by atomic mass is 10.1. The topological polar surface area (TPSA) is 56.6 Å². The Kier molecular flexibility index (Phi) is 7.33. The Morgan fingerprint density at radius 2 is 1.74 bits per heavy atom. The molecule has 34 heavy (non-hydrogen) atoms. The van der Waals surface area contributed by atoms with Crippen LogP contribution in [0.3, 0.4) is 0 Å². The molecule has 0 bridgehead atoms. The molecule has 2 aromatic carbocycles. The van der Waals surface area contributed by atoms with Crippen LogP contribution in [0, 0.1) is 5.92 Å². The van der Waals surface area contributed by atoms with Crippen molar-refractivity contribution in [2.24, 2.45) is 13.0 Å². The van der Waals surface area contributed by atoms with Crippen molar-refractivity contribution in [2.75, 3.05) is 13.7 Å². The molecule has 4 aromatic rings. The summed E-state index contributed by atoms with van der Waals surface area (Å²) < 4.78 is 13.6. The quantitative estimate of drug-likeness (QED) is 0.287. The maximum absolute atomic E-state index is 13.4. The summed E-state index contributed by atoms with van der Waals surface area (Å²) in [5, 5.41) is 6.73. The molecule has 0 fully saturated rings. The maximum atomic E-state index is 13.4. The van der Waals surface area contributed by atoms with Crippen LogP contribution >= 0.6 is 11.3 Å². The zero-order valence-electron chi connectivity index (χ0n) is 19.9. The van der Waals surface area contributed by atoms with Gasteiger partial charge in [-0.15, -0.1) is 11.3 Å². The van der Waals surface area contributed by atoms with E-state index in [2.05, 4.69) is 13.8 Å². The number of aromatic nitrogens is 2. The Morgan fingerprint density at radius 3 is 2.38 bits per heavy atom. The molecule has 0 aliphatic rings. The van der Waals surface area contributed by atoms with E-state index >= 15 is 0 Å². The number of amides is 1. The average molecular weight is 476 g/mol. The summed E-state index contributed by atoms with van der Waals surface area (Å²) in [4.78, 5) is 16.0. The Morgan fingerprint density at radius 1 is 1.03 bits per heavy atom. The third-order valence-corrected chi connectivity index (χ3v) is 6.22. The van der Waals surface area contributed by atoms with Crippen LogP contribution in [-0.4, -0.2) is 34.2 Å². The summed E-state index contributed by atoms with van der Waals surface area (Å²) in [5.74, 6) is 2.11. The van der Waals surface area contributed by atoms with Gasteiger partial charge in [0.15, 0.2) is 11.5 Å². The second-order valence-electron chi connectivity index (χ2n) is 8.43. The third kappa shape index (κ3) is 5.15. The molecule has 2 heterocycles. The lowest BCUT2D eigenvalue weighted by Crippen LogP contribution is -2.33. The molecule has 0 radical (unpaired) electrons. The molecule has 0 unspecified atom stereocenters. The SMILES string of the molecule is COc1ccccc1Oc1c(CN(CC(C)C)C(=O)c2cccs2)c(-c2ccccc2)nn1C. The summed E-state index contributed by atoms with van der Waals surface area (Å²) in [7, 11) is 3.47. The van der Waals surface area contributed by atoms with Crippen LogP contribution in [0.1, 0.15) is 29.1 Å². The van der Waals surface area contributed by atoms with E-state index in [0.29, 0.717) is 36.4 Å². The number of thiophene rings is 1. The zero-order valence-corrected chi connectivity index (χ0v) is 20.7. The smallest absolute Gasteiger partial charge is 0.264 e. The molecular weight excluding hydrogens is 446 g/mol. The largest absolute Gasteiger partial charge is 0.493 e. The summed E-state index contributed by atoms with van der Waals surface area (Å²) >= 11 is 1.45. The maximum Gasteiger partial charge on any atom is 0.264 e. The molecule has 0 spiro atoms. The van der Waals surface area contributed by atoms with Gasteiger partial charge in [-0.05, 0) is 29.5 Å². The first kappa shape index (κ1) is 23.6. The number of para-hydroxylation sites is 2. The van der Waals surface area contributed by atoms with Gasteiger partial charge < -0.3 is 14.4 Å². The molecular formula is C27H29N3O3S. The molecule has 0 saturated carbocycles. The minimum atomic E-state index is 0.00908. The van der Waals surface area contributed by atoms with Gasteiger partial charge >= 0.3 is 0 Å². The molecule has 2 aromatic heterocycles. The van der Waals surface area contributed by atoms with Crippen molar-refractivity contribution in [1.82, 2.24) is 14.7 Å². The lowest BCUT2D eigenvalue weighted by Gasteiger charge is -2.25. The number of methoxy groups -OCH3 is 1. The van der Waals surface area contributed by atoms with Crippen molar-refractivity contribution in [2.45, 2.75) is 20.4 Å². The molecule has 6 nitrogen and oxygen atoms in total.